The molecule has 0 N–H and O–H groups in total. The Kier molecular flexibility index (Phi) is 6.25. The van der Waals surface area contributed by atoms with Gasteiger partial charge in [0.1, 0.15) is 5.75 Å². The summed E-state index contributed by atoms with van der Waals surface area (Å²) in [6, 6.07) is 4.58. The van der Waals surface area contributed by atoms with Gasteiger partial charge in [-0.15, -0.1) is 0 Å². The number of benzene rings is 1. The zero-order valence-corrected chi connectivity index (χ0v) is 17.2. The first-order valence-corrected chi connectivity index (χ1v) is 9.91. The van der Waals surface area contributed by atoms with Crippen molar-refractivity contribution in [2.45, 2.75) is 45.2 Å². The molecule has 2 aliphatic rings. The number of carbonyl (C=O) groups excluding carboxylic acids is 3. The molecule has 0 radical (unpaired) electrons. The van der Waals surface area contributed by atoms with E-state index in [0.717, 1.165) is 36.1 Å². The number of halogens is 1. The SMILES string of the molecule is COc1ccc(Cl)cc1CN(C)CN1C(=O)C(=O)N([C@@H]2CCCC[C@H]2C)C1=O. The summed E-state index contributed by atoms with van der Waals surface area (Å²) in [5.74, 6) is -0.586. The number of urea groups is 1. The van der Waals surface area contributed by atoms with Crippen LogP contribution < -0.4 is 4.74 Å². The molecule has 28 heavy (non-hydrogen) atoms. The predicted molar refractivity (Wildman–Crippen MR) is 105 cm³/mol. The topological polar surface area (TPSA) is 70.2 Å². The second-order valence-electron chi connectivity index (χ2n) is 7.63. The van der Waals surface area contributed by atoms with Gasteiger partial charge in [-0.25, -0.2) is 9.69 Å². The number of nitrogens with zero attached hydrogens (tertiary/aromatic N) is 3. The Bertz CT molecular complexity index is 785. The van der Waals surface area contributed by atoms with E-state index in [0.29, 0.717) is 17.3 Å². The van der Waals surface area contributed by atoms with E-state index in [1.165, 1.54) is 4.90 Å². The number of rotatable bonds is 6. The molecule has 0 bridgehead atoms. The van der Waals surface area contributed by atoms with Crippen molar-refractivity contribution in [2.75, 3.05) is 20.8 Å². The Morgan fingerprint density at radius 3 is 2.57 bits per heavy atom. The molecule has 152 valence electrons. The van der Waals surface area contributed by atoms with Gasteiger partial charge in [-0.05, 0) is 44.0 Å². The standard InChI is InChI=1S/C20H26ClN3O4/c1-13-6-4-5-7-16(13)24-19(26)18(25)23(20(24)27)12-22(2)11-14-10-15(21)8-9-17(14)28-3/h8-10,13,16H,4-7,11-12H2,1-3H3/t13-,16-/m1/s1. The molecule has 0 unspecified atom stereocenters. The van der Waals surface area contributed by atoms with Crippen molar-refractivity contribution in [3.05, 3.63) is 28.8 Å². The molecule has 2 fully saturated rings. The van der Waals surface area contributed by atoms with Gasteiger partial charge in [0.2, 0.25) is 0 Å². The molecule has 0 aromatic heterocycles. The number of hydrogen-bond acceptors (Lipinski definition) is 5. The average molecular weight is 408 g/mol. The van der Waals surface area contributed by atoms with E-state index >= 15 is 0 Å². The Labute approximate surface area is 170 Å². The highest BCUT2D eigenvalue weighted by Gasteiger charge is 2.49. The molecule has 1 heterocycles. The van der Waals surface area contributed by atoms with E-state index < -0.39 is 17.8 Å². The van der Waals surface area contributed by atoms with E-state index in [4.69, 9.17) is 16.3 Å². The highest BCUT2D eigenvalue weighted by Crippen LogP contribution is 2.31. The molecule has 1 saturated carbocycles. The van der Waals surface area contributed by atoms with Crippen LogP contribution in [0.15, 0.2) is 18.2 Å². The number of amides is 4. The van der Waals surface area contributed by atoms with Crippen LogP contribution in [0.5, 0.6) is 5.75 Å². The van der Waals surface area contributed by atoms with E-state index in [-0.39, 0.29) is 18.6 Å². The van der Waals surface area contributed by atoms with Gasteiger partial charge >= 0.3 is 17.8 Å². The predicted octanol–water partition coefficient (Wildman–Crippen LogP) is 3.11. The zero-order chi connectivity index (χ0) is 20.4. The molecule has 4 amide bonds. The quantitative estimate of drug-likeness (QED) is 0.535. The van der Waals surface area contributed by atoms with Crippen molar-refractivity contribution in [3.8, 4) is 5.75 Å². The molecule has 0 spiro atoms. The summed E-state index contributed by atoms with van der Waals surface area (Å²) in [5.41, 5.74) is 0.834. The van der Waals surface area contributed by atoms with Crippen molar-refractivity contribution in [2.24, 2.45) is 5.92 Å². The largest absolute Gasteiger partial charge is 0.496 e. The van der Waals surface area contributed by atoms with Crippen LogP contribution in [-0.4, -0.2) is 59.4 Å². The number of carbonyl (C=O) groups is 3. The third-order valence-corrected chi connectivity index (χ3v) is 5.78. The van der Waals surface area contributed by atoms with Crippen molar-refractivity contribution < 1.29 is 19.1 Å². The zero-order valence-electron chi connectivity index (χ0n) is 16.5. The van der Waals surface area contributed by atoms with E-state index in [2.05, 4.69) is 0 Å². The Hall–Kier alpha value is -2.12. The molecule has 2 atom stereocenters. The highest BCUT2D eigenvalue weighted by molar-refractivity contribution is 6.44. The van der Waals surface area contributed by atoms with Crippen LogP contribution in [0, 0.1) is 5.92 Å². The van der Waals surface area contributed by atoms with Crippen LogP contribution in [0.3, 0.4) is 0 Å². The minimum absolute atomic E-state index is 0.0245. The van der Waals surface area contributed by atoms with Gasteiger partial charge in [-0.3, -0.25) is 19.4 Å². The van der Waals surface area contributed by atoms with Crippen LogP contribution in [0.1, 0.15) is 38.2 Å². The summed E-state index contributed by atoms with van der Waals surface area (Å²) in [6.45, 7) is 2.47. The van der Waals surface area contributed by atoms with Crippen LogP contribution in [0.25, 0.3) is 0 Å². The minimum Gasteiger partial charge on any atom is -0.496 e. The number of hydrogen-bond donors (Lipinski definition) is 0. The lowest BCUT2D eigenvalue weighted by Gasteiger charge is -2.34. The van der Waals surface area contributed by atoms with Crippen LogP contribution in [-0.2, 0) is 16.1 Å². The van der Waals surface area contributed by atoms with Gasteiger partial charge < -0.3 is 4.74 Å². The maximum atomic E-state index is 12.9. The van der Waals surface area contributed by atoms with Crippen LogP contribution >= 0.6 is 11.6 Å². The lowest BCUT2D eigenvalue weighted by Crippen LogP contribution is -2.46. The second-order valence-corrected chi connectivity index (χ2v) is 8.07. The van der Waals surface area contributed by atoms with Crippen molar-refractivity contribution in [3.63, 3.8) is 0 Å². The lowest BCUT2D eigenvalue weighted by molar-refractivity contribution is -0.145. The first-order chi connectivity index (χ1) is 13.3. The van der Waals surface area contributed by atoms with Crippen molar-refractivity contribution in [1.82, 2.24) is 14.7 Å². The summed E-state index contributed by atoms with van der Waals surface area (Å²) in [7, 11) is 3.35. The van der Waals surface area contributed by atoms with Crippen molar-refractivity contribution >= 4 is 29.4 Å². The third-order valence-electron chi connectivity index (χ3n) is 5.55. The fourth-order valence-electron chi connectivity index (χ4n) is 4.07. The van der Waals surface area contributed by atoms with E-state index in [1.807, 2.05) is 6.92 Å². The van der Waals surface area contributed by atoms with Gasteiger partial charge in [0.05, 0.1) is 13.8 Å². The van der Waals surface area contributed by atoms with Gasteiger partial charge in [0, 0.05) is 23.2 Å². The Morgan fingerprint density at radius 2 is 1.89 bits per heavy atom. The van der Waals surface area contributed by atoms with Crippen molar-refractivity contribution in [1.29, 1.82) is 0 Å². The third kappa shape index (κ3) is 4.00. The van der Waals surface area contributed by atoms with Gasteiger partial charge in [-0.2, -0.15) is 0 Å². The molecular weight excluding hydrogens is 382 g/mol. The fourth-order valence-corrected chi connectivity index (χ4v) is 4.27. The minimum atomic E-state index is -0.757. The molecule has 7 nitrogen and oxygen atoms in total. The maximum Gasteiger partial charge on any atom is 0.335 e. The first kappa shape index (κ1) is 20.6. The summed E-state index contributed by atoms with van der Waals surface area (Å²) in [4.78, 5) is 41.9. The maximum absolute atomic E-state index is 12.9. The summed E-state index contributed by atoms with van der Waals surface area (Å²) in [5, 5.41) is 0.574. The molecule has 1 aromatic carbocycles. The Balaban J connectivity index is 1.71. The van der Waals surface area contributed by atoms with Crippen LogP contribution in [0.4, 0.5) is 4.79 Å². The lowest BCUT2D eigenvalue weighted by atomic mass is 9.85. The van der Waals surface area contributed by atoms with Gasteiger partial charge in [-0.1, -0.05) is 31.4 Å². The first-order valence-electron chi connectivity index (χ1n) is 9.53. The summed E-state index contributed by atoms with van der Waals surface area (Å²) in [6.07, 6.45) is 3.78. The van der Waals surface area contributed by atoms with E-state index in [9.17, 15) is 14.4 Å². The molecule has 1 aliphatic heterocycles. The van der Waals surface area contributed by atoms with Gasteiger partial charge in [0.25, 0.3) is 0 Å². The second kappa shape index (κ2) is 8.49. The summed E-state index contributed by atoms with van der Waals surface area (Å²) >= 11 is 6.07. The molecule has 3 rings (SSSR count). The molecule has 8 heteroatoms. The number of methoxy groups -OCH3 is 1. The van der Waals surface area contributed by atoms with Crippen LogP contribution in [0.2, 0.25) is 5.02 Å². The van der Waals surface area contributed by atoms with Gasteiger partial charge in [0.15, 0.2) is 0 Å². The summed E-state index contributed by atoms with van der Waals surface area (Å²) < 4.78 is 5.34. The molecule has 1 aromatic rings. The normalized spacial score (nSPS) is 23.1. The van der Waals surface area contributed by atoms with E-state index in [1.54, 1.807) is 37.3 Å². The fraction of sp³-hybridized carbons (Fsp3) is 0.550. The highest BCUT2D eigenvalue weighted by atomic mass is 35.5. The Morgan fingerprint density at radius 1 is 1.18 bits per heavy atom. The molecule has 1 saturated heterocycles. The average Bonchev–Trinajstić information content (AvgIpc) is 2.86. The monoisotopic (exact) mass is 407 g/mol. The molecule has 1 aliphatic carbocycles. The smallest absolute Gasteiger partial charge is 0.335 e. The molecular formula is C20H26ClN3O4. The number of imide groups is 2. The number of ether oxygens (including phenoxy) is 1.